The number of rotatable bonds is 2. The fraction of sp³-hybridized carbons (Fsp3) is 0. The minimum absolute atomic E-state index is 0.851. The molecule has 39 heavy (non-hydrogen) atoms. The predicted octanol–water partition coefficient (Wildman–Crippen LogP) is 9.29. The number of benzene rings is 7. The van der Waals surface area contributed by atoms with Gasteiger partial charge in [-0.2, -0.15) is 0 Å². The van der Waals surface area contributed by atoms with Crippen LogP contribution in [0.5, 0.6) is 0 Å². The Morgan fingerprint density at radius 1 is 0.436 bits per heavy atom. The second-order valence-corrected chi connectivity index (χ2v) is 10.2. The van der Waals surface area contributed by atoms with Crippen LogP contribution in [0.25, 0.3) is 82.2 Å². The largest absolute Gasteiger partial charge is 0.292 e. The normalized spacial score (nSPS) is 12.1. The molecule has 9 aromatic rings. The molecule has 3 nitrogen and oxygen atoms in total. The predicted molar refractivity (Wildman–Crippen MR) is 163 cm³/mol. The molecule has 0 aliphatic carbocycles. The summed E-state index contributed by atoms with van der Waals surface area (Å²) in [5, 5.41) is 10.2. The third-order valence-corrected chi connectivity index (χ3v) is 8.10. The molecule has 0 aliphatic heterocycles. The van der Waals surface area contributed by atoms with Gasteiger partial charge in [-0.25, -0.2) is 9.97 Å². The van der Waals surface area contributed by atoms with E-state index in [4.69, 9.17) is 9.97 Å². The van der Waals surface area contributed by atoms with Crippen molar-refractivity contribution in [3.8, 4) is 17.1 Å². The molecule has 0 spiro atoms. The average molecular weight is 496 g/mol. The van der Waals surface area contributed by atoms with Crippen LogP contribution >= 0.6 is 0 Å². The Morgan fingerprint density at radius 3 is 1.92 bits per heavy atom. The van der Waals surface area contributed by atoms with Crippen LogP contribution in [0.1, 0.15) is 0 Å². The lowest BCUT2D eigenvalue weighted by Gasteiger charge is -2.14. The summed E-state index contributed by atoms with van der Waals surface area (Å²) in [4.78, 5) is 10.5. The molecule has 0 N–H and O–H groups in total. The van der Waals surface area contributed by atoms with Crippen molar-refractivity contribution in [1.29, 1.82) is 0 Å². The topological polar surface area (TPSA) is 30.7 Å². The molecule has 0 atom stereocenters. The summed E-state index contributed by atoms with van der Waals surface area (Å²) in [7, 11) is 0. The van der Waals surface area contributed by atoms with Gasteiger partial charge in [0.2, 0.25) is 0 Å². The van der Waals surface area contributed by atoms with Gasteiger partial charge < -0.3 is 0 Å². The molecule has 2 heterocycles. The highest BCUT2D eigenvalue weighted by Gasteiger charge is 2.24. The van der Waals surface area contributed by atoms with E-state index in [1.54, 1.807) is 0 Å². The fourth-order valence-electron chi connectivity index (χ4n) is 6.49. The Kier molecular flexibility index (Phi) is 4.05. The van der Waals surface area contributed by atoms with E-state index in [-0.39, 0.29) is 0 Å². The molecule has 0 unspecified atom stereocenters. The van der Waals surface area contributed by atoms with Gasteiger partial charge >= 0.3 is 0 Å². The fourth-order valence-corrected chi connectivity index (χ4v) is 6.49. The Balaban J connectivity index is 1.57. The number of fused-ring (bicyclic) bond motifs is 6. The summed E-state index contributed by atoms with van der Waals surface area (Å²) in [6.07, 6.45) is 0. The smallest absolute Gasteiger partial charge is 0.165 e. The van der Waals surface area contributed by atoms with Crippen molar-refractivity contribution in [3.05, 3.63) is 127 Å². The van der Waals surface area contributed by atoms with E-state index in [0.29, 0.717) is 0 Å². The van der Waals surface area contributed by atoms with Crippen LogP contribution < -0.4 is 0 Å². The molecule has 0 amide bonds. The molecule has 0 aliphatic rings. The number of aromatic nitrogens is 3. The van der Waals surface area contributed by atoms with E-state index in [1.807, 2.05) is 24.3 Å². The number of hydrogen-bond donors (Lipinski definition) is 0. The SMILES string of the molecule is c1ccc(-c2nc3ccccc3nc2-n2c3cccc4c5ccccc5c5c6ccccc6cc2c5c43)cc1. The zero-order valence-electron chi connectivity index (χ0n) is 21.0. The first-order valence-electron chi connectivity index (χ1n) is 13.3. The van der Waals surface area contributed by atoms with Crippen molar-refractivity contribution in [2.45, 2.75) is 0 Å². The van der Waals surface area contributed by atoms with Crippen LogP contribution in [0, 0.1) is 0 Å². The Hall–Kier alpha value is -5.28. The lowest BCUT2D eigenvalue weighted by atomic mass is 9.91. The van der Waals surface area contributed by atoms with Gasteiger partial charge in [-0.1, -0.05) is 103 Å². The zero-order valence-corrected chi connectivity index (χ0v) is 21.0. The standard InChI is InChI=1S/C36H21N3/c1-2-11-22(12-3-1)35-36(38-29-19-9-8-18-28(29)37-35)39-30-20-10-17-27-25-15-6-7-16-26(25)32-24-14-5-4-13-23(24)21-31(39)34(32)33(27)30/h1-21H. The molecule has 180 valence electrons. The van der Waals surface area contributed by atoms with E-state index in [0.717, 1.165) is 39.1 Å². The maximum Gasteiger partial charge on any atom is 0.165 e. The van der Waals surface area contributed by atoms with Crippen LogP contribution in [-0.2, 0) is 0 Å². The molecule has 7 aromatic carbocycles. The van der Waals surface area contributed by atoms with Crippen LogP contribution in [0.2, 0.25) is 0 Å². The van der Waals surface area contributed by atoms with Crippen molar-refractivity contribution in [2.24, 2.45) is 0 Å². The highest BCUT2D eigenvalue weighted by molar-refractivity contribution is 6.39. The molecular weight excluding hydrogens is 474 g/mol. The van der Waals surface area contributed by atoms with Gasteiger partial charge in [-0.05, 0) is 51.2 Å². The van der Waals surface area contributed by atoms with Crippen LogP contribution in [0.3, 0.4) is 0 Å². The first-order chi connectivity index (χ1) is 19.4. The average Bonchev–Trinajstić information content (AvgIpc) is 3.33. The first kappa shape index (κ1) is 20.7. The minimum Gasteiger partial charge on any atom is -0.292 e. The molecule has 3 heteroatoms. The highest BCUT2D eigenvalue weighted by atomic mass is 15.1. The summed E-state index contributed by atoms with van der Waals surface area (Å²) >= 11 is 0. The van der Waals surface area contributed by atoms with Crippen molar-refractivity contribution in [3.63, 3.8) is 0 Å². The number of hydrogen-bond acceptors (Lipinski definition) is 2. The van der Waals surface area contributed by atoms with Crippen molar-refractivity contribution < 1.29 is 0 Å². The second kappa shape index (κ2) is 7.62. The molecule has 0 radical (unpaired) electrons. The molecule has 2 aromatic heterocycles. The Bertz CT molecular complexity index is 2380. The van der Waals surface area contributed by atoms with E-state index < -0.39 is 0 Å². The van der Waals surface area contributed by atoms with E-state index in [9.17, 15) is 0 Å². The molecule has 0 fully saturated rings. The van der Waals surface area contributed by atoms with Gasteiger partial charge in [0.15, 0.2) is 5.82 Å². The van der Waals surface area contributed by atoms with E-state index in [1.165, 1.54) is 43.1 Å². The monoisotopic (exact) mass is 495 g/mol. The summed E-state index contributed by atoms with van der Waals surface area (Å²) in [6.45, 7) is 0. The third-order valence-electron chi connectivity index (χ3n) is 8.10. The Morgan fingerprint density at radius 2 is 1.08 bits per heavy atom. The van der Waals surface area contributed by atoms with Crippen molar-refractivity contribution >= 4 is 65.2 Å². The summed E-state index contributed by atoms with van der Waals surface area (Å²) < 4.78 is 2.34. The molecule has 9 rings (SSSR count). The summed E-state index contributed by atoms with van der Waals surface area (Å²) in [5.41, 5.74) is 6.01. The maximum absolute atomic E-state index is 5.30. The molecule has 0 bridgehead atoms. The second-order valence-electron chi connectivity index (χ2n) is 10.2. The minimum atomic E-state index is 0.851. The lowest BCUT2D eigenvalue weighted by molar-refractivity contribution is 1.08. The van der Waals surface area contributed by atoms with Crippen molar-refractivity contribution in [1.82, 2.24) is 14.5 Å². The molecular formula is C36H21N3. The zero-order chi connectivity index (χ0) is 25.5. The van der Waals surface area contributed by atoms with Gasteiger partial charge in [-0.3, -0.25) is 4.57 Å². The van der Waals surface area contributed by atoms with Gasteiger partial charge in [0, 0.05) is 21.7 Å². The first-order valence-corrected chi connectivity index (χ1v) is 13.3. The quantitative estimate of drug-likeness (QED) is 0.224. The van der Waals surface area contributed by atoms with Gasteiger partial charge in [0.25, 0.3) is 0 Å². The van der Waals surface area contributed by atoms with Gasteiger partial charge in [0.1, 0.15) is 5.69 Å². The van der Waals surface area contributed by atoms with Crippen LogP contribution in [-0.4, -0.2) is 14.5 Å². The van der Waals surface area contributed by atoms with Crippen LogP contribution in [0.4, 0.5) is 0 Å². The summed E-state index contributed by atoms with van der Waals surface area (Å²) in [5.74, 6) is 0.851. The summed E-state index contributed by atoms with van der Waals surface area (Å²) in [6, 6.07) is 45.1. The number of nitrogens with zero attached hydrogens (tertiary/aromatic N) is 3. The van der Waals surface area contributed by atoms with E-state index in [2.05, 4.69) is 108 Å². The number of para-hydroxylation sites is 2. The maximum atomic E-state index is 5.30. The highest BCUT2D eigenvalue weighted by Crippen LogP contribution is 2.46. The molecule has 0 saturated carbocycles. The van der Waals surface area contributed by atoms with Crippen molar-refractivity contribution in [2.75, 3.05) is 0 Å². The lowest BCUT2D eigenvalue weighted by Crippen LogP contribution is -2.03. The molecule has 0 saturated heterocycles. The van der Waals surface area contributed by atoms with E-state index >= 15 is 0 Å². The van der Waals surface area contributed by atoms with Gasteiger partial charge in [0.05, 0.1) is 22.1 Å². The third kappa shape index (κ3) is 2.76. The van der Waals surface area contributed by atoms with Crippen LogP contribution in [0.15, 0.2) is 127 Å². The Labute approximate surface area is 223 Å². The van der Waals surface area contributed by atoms with Gasteiger partial charge in [-0.15, -0.1) is 0 Å².